The van der Waals surface area contributed by atoms with E-state index in [1.165, 1.54) is 0 Å². The van der Waals surface area contributed by atoms with Gasteiger partial charge in [-0.05, 0) is 51.8 Å². The molecule has 1 saturated heterocycles. The van der Waals surface area contributed by atoms with Crippen molar-refractivity contribution in [1.29, 1.82) is 0 Å². The number of likely N-dealkylation sites (N-methyl/N-ethyl adjacent to an activating group) is 1. The lowest BCUT2D eigenvalue weighted by Crippen LogP contribution is -2.51. The number of nitrogens with zero attached hydrogens (tertiary/aromatic N) is 2. The summed E-state index contributed by atoms with van der Waals surface area (Å²) in [6.45, 7) is 4.94. The molecule has 1 fully saturated rings. The Morgan fingerprint density at radius 3 is 2.95 bits per heavy atom. The predicted molar refractivity (Wildman–Crippen MR) is 75.6 cm³/mol. The second-order valence-electron chi connectivity index (χ2n) is 5.83. The molecular weight excluding hydrogens is 238 g/mol. The Bertz CT molecular complexity index is 430. The highest BCUT2D eigenvalue weighted by Gasteiger charge is 2.36. The van der Waals surface area contributed by atoms with E-state index in [2.05, 4.69) is 24.1 Å². The van der Waals surface area contributed by atoms with Crippen molar-refractivity contribution in [3.63, 3.8) is 0 Å². The van der Waals surface area contributed by atoms with Gasteiger partial charge in [-0.3, -0.25) is 9.78 Å². The van der Waals surface area contributed by atoms with E-state index in [0.29, 0.717) is 6.54 Å². The zero-order valence-electron chi connectivity index (χ0n) is 12.0. The predicted octanol–water partition coefficient (Wildman–Crippen LogP) is 1.96. The number of carbonyl (C=O) groups is 1. The van der Waals surface area contributed by atoms with Gasteiger partial charge in [0.15, 0.2) is 0 Å². The number of rotatable bonds is 3. The van der Waals surface area contributed by atoms with Crippen LogP contribution in [0.25, 0.3) is 0 Å². The standard InChI is InChI=1S/C15H23N3O/c1-15(2)8-4-7-13(16-3)14(19)18(15)11-12-6-5-9-17-10-12/h5-6,9-10,13,16H,4,7-8,11H2,1-3H3. The lowest BCUT2D eigenvalue weighted by atomic mass is 9.96. The van der Waals surface area contributed by atoms with E-state index >= 15 is 0 Å². The van der Waals surface area contributed by atoms with Gasteiger partial charge < -0.3 is 10.2 Å². The third-order valence-corrected chi connectivity index (χ3v) is 3.99. The van der Waals surface area contributed by atoms with E-state index in [1.807, 2.05) is 30.3 Å². The second kappa shape index (κ2) is 5.70. The highest BCUT2D eigenvalue weighted by molar-refractivity contribution is 5.82. The summed E-state index contributed by atoms with van der Waals surface area (Å²) in [4.78, 5) is 18.8. The molecule has 1 unspecified atom stereocenters. The number of hydrogen-bond acceptors (Lipinski definition) is 3. The monoisotopic (exact) mass is 261 g/mol. The third-order valence-electron chi connectivity index (χ3n) is 3.99. The van der Waals surface area contributed by atoms with Gasteiger partial charge in [-0.2, -0.15) is 0 Å². The quantitative estimate of drug-likeness (QED) is 0.904. The lowest BCUT2D eigenvalue weighted by molar-refractivity contribution is -0.138. The first kappa shape index (κ1) is 14.0. The molecule has 0 saturated carbocycles. The van der Waals surface area contributed by atoms with E-state index in [0.717, 1.165) is 24.8 Å². The summed E-state index contributed by atoms with van der Waals surface area (Å²) in [5.74, 6) is 0.203. The molecule has 19 heavy (non-hydrogen) atoms. The van der Waals surface area contributed by atoms with Crippen molar-refractivity contribution in [2.75, 3.05) is 7.05 Å². The SMILES string of the molecule is CNC1CCCC(C)(C)N(Cc2cccnc2)C1=O. The maximum Gasteiger partial charge on any atom is 0.240 e. The van der Waals surface area contributed by atoms with Crippen molar-refractivity contribution in [1.82, 2.24) is 15.2 Å². The van der Waals surface area contributed by atoms with Crippen LogP contribution in [0.1, 0.15) is 38.7 Å². The Kier molecular flexibility index (Phi) is 4.20. The molecule has 1 aliphatic rings. The average Bonchev–Trinajstić information content (AvgIpc) is 2.50. The van der Waals surface area contributed by atoms with E-state index in [9.17, 15) is 4.79 Å². The number of amides is 1. The summed E-state index contributed by atoms with van der Waals surface area (Å²) in [6.07, 6.45) is 6.63. The van der Waals surface area contributed by atoms with Gasteiger partial charge in [0.2, 0.25) is 5.91 Å². The molecule has 0 bridgehead atoms. The number of pyridine rings is 1. The Hall–Kier alpha value is -1.42. The van der Waals surface area contributed by atoms with Crippen LogP contribution in [-0.4, -0.2) is 34.4 Å². The maximum atomic E-state index is 12.6. The number of likely N-dealkylation sites (tertiary alicyclic amines) is 1. The fraction of sp³-hybridized carbons (Fsp3) is 0.600. The van der Waals surface area contributed by atoms with E-state index in [4.69, 9.17) is 0 Å². The molecule has 0 spiro atoms. The molecule has 2 rings (SSSR count). The Balaban J connectivity index is 2.24. The zero-order valence-corrected chi connectivity index (χ0v) is 12.0. The first-order chi connectivity index (χ1) is 9.04. The van der Waals surface area contributed by atoms with Crippen molar-refractivity contribution in [3.05, 3.63) is 30.1 Å². The van der Waals surface area contributed by atoms with Crippen molar-refractivity contribution in [2.24, 2.45) is 0 Å². The second-order valence-corrected chi connectivity index (χ2v) is 5.83. The number of hydrogen-bond donors (Lipinski definition) is 1. The van der Waals surface area contributed by atoms with Crippen molar-refractivity contribution >= 4 is 5.91 Å². The summed E-state index contributed by atoms with van der Waals surface area (Å²) >= 11 is 0. The number of aromatic nitrogens is 1. The third kappa shape index (κ3) is 3.13. The molecule has 4 heteroatoms. The molecule has 2 heterocycles. The number of nitrogens with one attached hydrogen (secondary N) is 1. The van der Waals surface area contributed by atoms with Crippen molar-refractivity contribution < 1.29 is 4.79 Å². The van der Waals surface area contributed by atoms with Crippen molar-refractivity contribution in [3.8, 4) is 0 Å². The van der Waals surface area contributed by atoms with Crippen LogP contribution in [0.2, 0.25) is 0 Å². The summed E-state index contributed by atoms with van der Waals surface area (Å²) in [7, 11) is 1.86. The molecule has 0 radical (unpaired) electrons. The lowest BCUT2D eigenvalue weighted by Gasteiger charge is -2.38. The van der Waals surface area contributed by atoms with Gasteiger partial charge in [0.05, 0.1) is 6.04 Å². The van der Waals surface area contributed by atoms with Gasteiger partial charge in [0.25, 0.3) is 0 Å². The molecule has 4 nitrogen and oxygen atoms in total. The highest BCUT2D eigenvalue weighted by atomic mass is 16.2. The minimum Gasteiger partial charge on any atom is -0.332 e. The van der Waals surface area contributed by atoms with Crippen LogP contribution in [0.3, 0.4) is 0 Å². The van der Waals surface area contributed by atoms with Crippen LogP contribution < -0.4 is 5.32 Å². The van der Waals surface area contributed by atoms with Gasteiger partial charge in [-0.15, -0.1) is 0 Å². The molecule has 0 aliphatic carbocycles. The Morgan fingerprint density at radius 2 is 2.32 bits per heavy atom. The van der Waals surface area contributed by atoms with E-state index < -0.39 is 0 Å². The Morgan fingerprint density at radius 1 is 1.53 bits per heavy atom. The van der Waals surface area contributed by atoms with E-state index in [1.54, 1.807) is 6.20 Å². The fourth-order valence-corrected chi connectivity index (χ4v) is 2.72. The molecule has 1 aromatic rings. The molecule has 0 aromatic carbocycles. The van der Waals surface area contributed by atoms with Crippen LogP contribution in [0.5, 0.6) is 0 Å². The normalized spacial score (nSPS) is 23.2. The molecular formula is C15H23N3O. The van der Waals surface area contributed by atoms with E-state index in [-0.39, 0.29) is 17.5 Å². The molecule has 104 valence electrons. The largest absolute Gasteiger partial charge is 0.332 e. The average molecular weight is 261 g/mol. The van der Waals surface area contributed by atoms with Crippen LogP contribution in [0.15, 0.2) is 24.5 Å². The van der Waals surface area contributed by atoms with Crippen LogP contribution in [-0.2, 0) is 11.3 Å². The van der Waals surface area contributed by atoms with Crippen LogP contribution in [0, 0.1) is 0 Å². The van der Waals surface area contributed by atoms with Crippen LogP contribution in [0.4, 0.5) is 0 Å². The van der Waals surface area contributed by atoms with Crippen molar-refractivity contribution in [2.45, 2.75) is 51.2 Å². The first-order valence-corrected chi connectivity index (χ1v) is 6.92. The minimum absolute atomic E-state index is 0.0570. The Labute approximate surface area is 115 Å². The first-order valence-electron chi connectivity index (χ1n) is 6.92. The molecule has 1 N–H and O–H groups in total. The smallest absolute Gasteiger partial charge is 0.240 e. The minimum atomic E-state index is -0.0987. The zero-order chi connectivity index (χ0) is 13.9. The topological polar surface area (TPSA) is 45.2 Å². The summed E-state index contributed by atoms with van der Waals surface area (Å²) in [5, 5.41) is 3.14. The molecule has 1 aliphatic heterocycles. The molecule has 1 aromatic heterocycles. The maximum absolute atomic E-state index is 12.6. The summed E-state index contributed by atoms with van der Waals surface area (Å²) < 4.78 is 0. The van der Waals surface area contributed by atoms with Gasteiger partial charge in [0, 0.05) is 24.5 Å². The number of carbonyl (C=O) groups excluding carboxylic acids is 1. The van der Waals surface area contributed by atoms with Crippen LogP contribution >= 0.6 is 0 Å². The molecule has 1 atom stereocenters. The van der Waals surface area contributed by atoms with Gasteiger partial charge >= 0.3 is 0 Å². The van der Waals surface area contributed by atoms with Gasteiger partial charge in [-0.1, -0.05) is 6.07 Å². The summed E-state index contributed by atoms with van der Waals surface area (Å²) in [5.41, 5.74) is 0.985. The summed E-state index contributed by atoms with van der Waals surface area (Å²) in [6, 6.07) is 3.88. The van der Waals surface area contributed by atoms with Gasteiger partial charge in [-0.25, -0.2) is 0 Å². The highest BCUT2D eigenvalue weighted by Crippen LogP contribution is 2.28. The molecule has 1 amide bonds. The van der Waals surface area contributed by atoms with Gasteiger partial charge in [0.1, 0.15) is 0 Å². The fourth-order valence-electron chi connectivity index (χ4n) is 2.72.